The molecule has 7 nitrogen and oxygen atoms in total. The summed E-state index contributed by atoms with van der Waals surface area (Å²) in [6.07, 6.45) is 4.83. The van der Waals surface area contributed by atoms with Gasteiger partial charge in [0, 0.05) is 18.1 Å². The molecule has 0 aliphatic carbocycles. The molecule has 2 aromatic heterocycles. The van der Waals surface area contributed by atoms with Gasteiger partial charge in [-0.05, 0) is 48.2 Å². The standard InChI is InChI=1S/C17H18N6O/c1-2-12-3-5-14(6-4-12)19-17(24)15(16-20-22-23-21-16)11-13-7-9-18-10-8-13/h3-10,15H,2,11H2,1H3,(H,19,24)(H,20,21,22,23)/t15-/m1/s1. The van der Waals surface area contributed by atoms with Crippen molar-refractivity contribution in [3.8, 4) is 0 Å². The Hall–Kier alpha value is -3.09. The Morgan fingerprint density at radius 3 is 2.50 bits per heavy atom. The molecule has 0 aliphatic heterocycles. The fourth-order valence-electron chi connectivity index (χ4n) is 2.43. The highest BCUT2D eigenvalue weighted by molar-refractivity contribution is 5.95. The number of hydrogen-bond donors (Lipinski definition) is 2. The van der Waals surface area contributed by atoms with Gasteiger partial charge in [-0.1, -0.05) is 24.3 Å². The zero-order chi connectivity index (χ0) is 16.8. The number of nitrogens with zero attached hydrogens (tertiary/aromatic N) is 4. The Kier molecular flexibility index (Phi) is 4.90. The number of H-pyrrole nitrogens is 1. The maximum Gasteiger partial charge on any atom is 0.235 e. The summed E-state index contributed by atoms with van der Waals surface area (Å²) >= 11 is 0. The van der Waals surface area contributed by atoms with E-state index < -0.39 is 5.92 Å². The number of carbonyl (C=O) groups excluding carboxylic acids is 1. The number of aryl methyl sites for hydroxylation is 1. The SMILES string of the molecule is CCc1ccc(NC(=O)[C@H](Cc2ccncc2)c2nn[nH]n2)cc1. The van der Waals surface area contributed by atoms with Crippen molar-refractivity contribution in [2.24, 2.45) is 0 Å². The Morgan fingerprint density at radius 1 is 1.12 bits per heavy atom. The minimum Gasteiger partial charge on any atom is -0.325 e. The number of pyridine rings is 1. The third kappa shape index (κ3) is 3.81. The maximum absolute atomic E-state index is 12.7. The molecule has 2 heterocycles. The highest BCUT2D eigenvalue weighted by atomic mass is 16.1. The van der Waals surface area contributed by atoms with Crippen molar-refractivity contribution >= 4 is 11.6 Å². The number of anilines is 1. The molecule has 0 radical (unpaired) electrons. The van der Waals surface area contributed by atoms with Gasteiger partial charge >= 0.3 is 0 Å². The molecule has 0 bridgehead atoms. The van der Waals surface area contributed by atoms with Crippen LogP contribution in [0.1, 0.15) is 29.8 Å². The zero-order valence-electron chi connectivity index (χ0n) is 13.3. The molecular formula is C17H18N6O. The number of nitrogens with one attached hydrogen (secondary N) is 2. The zero-order valence-corrected chi connectivity index (χ0v) is 13.3. The van der Waals surface area contributed by atoms with E-state index in [4.69, 9.17) is 0 Å². The molecule has 1 atom stereocenters. The van der Waals surface area contributed by atoms with E-state index in [1.807, 2.05) is 36.4 Å². The van der Waals surface area contributed by atoms with E-state index in [-0.39, 0.29) is 5.91 Å². The molecule has 0 aliphatic rings. The number of aromatic amines is 1. The first kappa shape index (κ1) is 15.8. The Balaban J connectivity index is 1.78. The number of hydrogen-bond acceptors (Lipinski definition) is 5. The van der Waals surface area contributed by atoms with Crippen LogP contribution in [-0.4, -0.2) is 31.5 Å². The molecule has 1 aromatic carbocycles. The van der Waals surface area contributed by atoms with Crippen LogP contribution in [0.5, 0.6) is 0 Å². The topological polar surface area (TPSA) is 96.5 Å². The van der Waals surface area contributed by atoms with Crippen molar-refractivity contribution in [1.82, 2.24) is 25.6 Å². The highest BCUT2D eigenvalue weighted by Crippen LogP contribution is 2.20. The molecular weight excluding hydrogens is 304 g/mol. The second-order valence-electron chi connectivity index (χ2n) is 5.42. The third-order valence-electron chi connectivity index (χ3n) is 3.81. The predicted octanol–water partition coefficient (Wildman–Crippen LogP) is 2.12. The van der Waals surface area contributed by atoms with Crippen LogP contribution in [0.4, 0.5) is 5.69 Å². The number of carbonyl (C=O) groups is 1. The number of amides is 1. The normalized spacial score (nSPS) is 11.9. The Morgan fingerprint density at radius 2 is 1.88 bits per heavy atom. The molecule has 3 rings (SSSR count). The molecule has 0 saturated carbocycles. The summed E-state index contributed by atoms with van der Waals surface area (Å²) < 4.78 is 0. The van der Waals surface area contributed by atoms with Crippen LogP contribution in [0.15, 0.2) is 48.8 Å². The first-order chi connectivity index (χ1) is 11.8. The van der Waals surface area contributed by atoms with Gasteiger partial charge in [0.1, 0.15) is 5.92 Å². The highest BCUT2D eigenvalue weighted by Gasteiger charge is 2.25. The molecule has 0 saturated heterocycles. The second kappa shape index (κ2) is 7.45. The Labute approximate surface area is 139 Å². The summed E-state index contributed by atoms with van der Waals surface area (Å²) in [4.78, 5) is 16.7. The van der Waals surface area contributed by atoms with Crippen molar-refractivity contribution < 1.29 is 4.79 Å². The van der Waals surface area contributed by atoms with Crippen LogP contribution < -0.4 is 5.32 Å². The molecule has 3 aromatic rings. The minimum absolute atomic E-state index is 0.169. The minimum atomic E-state index is -0.531. The van der Waals surface area contributed by atoms with E-state index in [1.165, 1.54) is 5.56 Å². The average Bonchev–Trinajstić information content (AvgIpc) is 3.15. The van der Waals surface area contributed by atoms with Gasteiger partial charge in [0.15, 0.2) is 5.82 Å². The first-order valence-corrected chi connectivity index (χ1v) is 7.78. The fraction of sp³-hybridized carbons (Fsp3) is 0.235. The van der Waals surface area contributed by atoms with Crippen molar-refractivity contribution in [2.45, 2.75) is 25.7 Å². The van der Waals surface area contributed by atoms with Crippen molar-refractivity contribution in [2.75, 3.05) is 5.32 Å². The lowest BCUT2D eigenvalue weighted by Crippen LogP contribution is -2.24. The summed E-state index contributed by atoms with van der Waals surface area (Å²) in [6.45, 7) is 2.09. The first-order valence-electron chi connectivity index (χ1n) is 7.78. The molecule has 7 heteroatoms. The van der Waals surface area contributed by atoms with Crippen LogP contribution >= 0.6 is 0 Å². The second-order valence-corrected chi connectivity index (χ2v) is 5.42. The van der Waals surface area contributed by atoms with Crippen LogP contribution in [0.3, 0.4) is 0 Å². The number of rotatable bonds is 6. The molecule has 2 N–H and O–H groups in total. The molecule has 1 amide bonds. The summed E-state index contributed by atoms with van der Waals surface area (Å²) in [5, 5.41) is 16.9. The molecule has 0 fully saturated rings. The summed E-state index contributed by atoms with van der Waals surface area (Å²) in [5.74, 6) is -0.330. The number of tetrazole rings is 1. The van der Waals surface area contributed by atoms with E-state index in [0.717, 1.165) is 17.7 Å². The lowest BCUT2D eigenvalue weighted by molar-refractivity contribution is -0.117. The molecule has 24 heavy (non-hydrogen) atoms. The van der Waals surface area contributed by atoms with Crippen molar-refractivity contribution in [1.29, 1.82) is 0 Å². The average molecular weight is 322 g/mol. The molecule has 0 spiro atoms. The lowest BCUT2D eigenvalue weighted by atomic mass is 9.98. The molecule has 122 valence electrons. The van der Waals surface area contributed by atoms with E-state index in [9.17, 15) is 4.79 Å². The largest absolute Gasteiger partial charge is 0.325 e. The lowest BCUT2D eigenvalue weighted by Gasteiger charge is -2.14. The van der Waals surface area contributed by atoms with Crippen LogP contribution in [0, 0.1) is 0 Å². The van der Waals surface area contributed by atoms with Crippen molar-refractivity contribution in [3.63, 3.8) is 0 Å². The molecule has 0 unspecified atom stereocenters. The summed E-state index contributed by atoms with van der Waals surface area (Å²) in [7, 11) is 0. The van der Waals surface area contributed by atoms with Gasteiger partial charge in [-0.15, -0.1) is 10.2 Å². The van der Waals surface area contributed by atoms with Crippen LogP contribution in [-0.2, 0) is 17.6 Å². The van der Waals surface area contributed by atoms with Gasteiger partial charge < -0.3 is 5.32 Å². The summed E-state index contributed by atoms with van der Waals surface area (Å²) in [6, 6.07) is 11.5. The summed E-state index contributed by atoms with van der Waals surface area (Å²) in [5.41, 5.74) is 2.95. The van der Waals surface area contributed by atoms with E-state index >= 15 is 0 Å². The van der Waals surface area contributed by atoms with E-state index in [0.29, 0.717) is 12.2 Å². The van der Waals surface area contributed by atoms with Crippen molar-refractivity contribution in [3.05, 3.63) is 65.7 Å². The Bertz CT molecular complexity index is 771. The quantitative estimate of drug-likeness (QED) is 0.724. The third-order valence-corrected chi connectivity index (χ3v) is 3.81. The van der Waals surface area contributed by atoms with Gasteiger partial charge in [0.2, 0.25) is 5.91 Å². The van der Waals surface area contributed by atoms with Gasteiger partial charge in [-0.25, -0.2) is 0 Å². The maximum atomic E-state index is 12.7. The smallest absolute Gasteiger partial charge is 0.235 e. The van der Waals surface area contributed by atoms with Gasteiger partial charge in [0.25, 0.3) is 0 Å². The van der Waals surface area contributed by atoms with Crippen LogP contribution in [0.25, 0.3) is 0 Å². The van der Waals surface area contributed by atoms with Gasteiger partial charge in [0.05, 0.1) is 0 Å². The fourth-order valence-corrected chi connectivity index (χ4v) is 2.43. The van der Waals surface area contributed by atoms with E-state index in [2.05, 4.69) is 37.8 Å². The monoisotopic (exact) mass is 322 g/mol. The number of benzene rings is 1. The number of aromatic nitrogens is 5. The van der Waals surface area contributed by atoms with Crippen LogP contribution in [0.2, 0.25) is 0 Å². The van der Waals surface area contributed by atoms with Gasteiger partial charge in [-0.3, -0.25) is 9.78 Å². The van der Waals surface area contributed by atoms with Gasteiger partial charge in [-0.2, -0.15) is 5.21 Å². The predicted molar refractivity (Wildman–Crippen MR) is 89.3 cm³/mol. The van der Waals surface area contributed by atoms with E-state index in [1.54, 1.807) is 12.4 Å².